The number of benzene rings is 1. The van der Waals surface area contributed by atoms with Crippen LogP contribution in [-0.2, 0) is 9.53 Å². The van der Waals surface area contributed by atoms with Gasteiger partial charge in [-0.1, -0.05) is 59.8 Å². The molecule has 0 fully saturated rings. The van der Waals surface area contributed by atoms with Gasteiger partial charge in [-0.25, -0.2) is 9.98 Å². The lowest BCUT2D eigenvalue weighted by atomic mass is 9.97. The van der Waals surface area contributed by atoms with Crippen molar-refractivity contribution in [3.05, 3.63) is 65.4 Å². The Morgan fingerprint density at radius 3 is 2.70 bits per heavy atom. The van der Waals surface area contributed by atoms with Crippen LogP contribution in [-0.4, -0.2) is 60.9 Å². The molecule has 4 rings (SSSR count). The number of thioether (sulfide) groups is 1. The topological polar surface area (TPSA) is 66.3 Å². The summed E-state index contributed by atoms with van der Waals surface area (Å²) in [6, 6.07) is 9.92. The molecule has 7 heteroatoms. The van der Waals surface area contributed by atoms with Crippen LogP contribution in [0, 0.1) is 0 Å². The number of likely N-dealkylation sites (N-methyl/N-ethyl adjacent to an activating group) is 1. The summed E-state index contributed by atoms with van der Waals surface area (Å²) in [6.45, 7) is 0.922. The van der Waals surface area contributed by atoms with E-state index in [1.165, 1.54) is 5.57 Å². The average Bonchev–Trinajstić information content (AvgIpc) is 3.17. The lowest BCUT2D eigenvalue weighted by molar-refractivity contribution is -0.116. The number of rotatable bonds is 4. The van der Waals surface area contributed by atoms with Gasteiger partial charge in [0.25, 0.3) is 5.91 Å². The molecule has 0 aromatic heterocycles. The minimum atomic E-state index is -0.234. The molecule has 6 nitrogen and oxygen atoms in total. The van der Waals surface area contributed by atoms with Crippen molar-refractivity contribution in [3.8, 4) is 0 Å². The number of hydrogen-bond donors (Lipinski definition) is 1. The number of hydrogen-bond acceptors (Lipinski definition) is 6. The summed E-state index contributed by atoms with van der Waals surface area (Å²) in [6.07, 6.45) is 7.50. The van der Waals surface area contributed by atoms with Gasteiger partial charge >= 0.3 is 0 Å². The second kappa shape index (κ2) is 9.02. The van der Waals surface area contributed by atoms with E-state index in [0.717, 1.165) is 36.1 Å². The molecule has 0 saturated heterocycles. The molecule has 0 spiro atoms. The molecule has 3 aliphatic rings. The van der Waals surface area contributed by atoms with Gasteiger partial charge in [-0.05, 0) is 38.1 Å². The Hall–Kier alpha value is -2.64. The number of amidine groups is 1. The third-order valence-electron chi connectivity index (χ3n) is 5.26. The first-order valence-electron chi connectivity index (χ1n) is 10.0. The van der Waals surface area contributed by atoms with Gasteiger partial charge in [0.1, 0.15) is 6.04 Å². The fraction of sp³-hybridized carbons (Fsp3) is 0.348. The van der Waals surface area contributed by atoms with Crippen LogP contribution in [0.25, 0.3) is 5.57 Å². The highest BCUT2D eigenvalue weighted by molar-refractivity contribution is 8.15. The Kier molecular flexibility index (Phi) is 6.20. The molecule has 1 N–H and O–H groups in total. The van der Waals surface area contributed by atoms with Gasteiger partial charge in [-0.15, -0.1) is 0 Å². The molecule has 0 bridgehead atoms. The number of aliphatic imine (C=N–C) groups is 2. The van der Waals surface area contributed by atoms with Crippen molar-refractivity contribution in [3.63, 3.8) is 0 Å². The molecular weight excluding hydrogens is 396 g/mol. The highest BCUT2D eigenvalue weighted by Crippen LogP contribution is 2.39. The lowest BCUT2D eigenvalue weighted by Gasteiger charge is -2.24. The van der Waals surface area contributed by atoms with Gasteiger partial charge in [-0.2, -0.15) is 0 Å². The van der Waals surface area contributed by atoms with E-state index in [1.807, 2.05) is 30.5 Å². The molecule has 30 heavy (non-hydrogen) atoms. The maximum atomic E-state index is 12.8. The van der Waals surface area contributed by atoms with Crippen molar-refractivity contribution < 1.29 is 9.53 Å². The number of methoxy groups -OCH3 is 1. The largest absolute Gasteiger partial charge is 0.482 e. The summed E-state index contributed by atoms with van der Waals surface area (Å²) >= 11 is 1.56. The van der Waals surface area contributed by atoms with Crippen molar-refractivity contribution in [2.75, 3.05) is 27.7 Å². The standard InChI is InChI=1S/C23H26N4O2S/c1-27(2)14-15-9-11-17(12-10-15)21(28)26-23-25-19-20(30-23)18(13-24-22(19)29-3)16-7-5-4-6-8-16/h4-9,11,13,19-20H,10,12,14H2,1-3H3,(H,25,26,28). The predicted octanol–water partition coefficient (Wildman–Crippen LogP) is 3.25. The van der Waals surface area contributed by atoms with E-state index in [1.54, 1.807) is 18.9 Å². The van der Waals surface area contributed by atoms with Crippen LogP contribution in [0.5, 0.6) is 0 Å². The average molecular weight is 423 g/mol. The fourth-order valence-electron chi connectivity index (χ4n) is 3.80. The van der Waals surface area contributed by atoms with Crippen LogP contribution in [0.15, 0.2) is 69.8 Å². The predicted molar refractivity (Wildman–Crippen MR) is 124 cm³/mol. The third kappa shape index (κ3) is 4.42. The number of nitrogens with one attached hydrogen (secondary N) is 1. The minimum absolute atomic E-state index is 0.0297. The maximum Gasteiger partial charge on any atom is 0.253 e. The maximum absolute atomic E-state index is 12.8. The smallest absolute Gasteiger partial charge is 0.253 e. The summed E-state index contributed by atoms with van der Waals surface area (Å²) in [5, 5.41) is 3.65. The second-order valence-electron chi connectivity index (χ2n) is 7.75. The number of amides is 1. The van der Waals surface area contributed by atoms with E-state index >= 15 is 0 Å². The first-order valence-corrected chi connectivity index (χ1v) is 10.9. The summed E-state index contributed by atoms with van der Waals surface area (Å²) in [5.41, 5.74) is 4.33. The molecule has 2 aliphatic heterocycles. The fourth-order valence-corrected chi connectivity index (χ4v) is 5.00. The highest BCUT2D eigenvalue weighted by atomic mass is 32.2. The van der Waals surface area contributed by atoms with Crippen LogP contribution >= 0.6 is 11.8 Å². The second-order valence-corrected chi connectivity index (χ2v) is 8.88. The first kappa shape index (κ1) is 20.6. The number of carbonyl (C=O) groups excluding carboxylic acids is 1. The number of ether oxygens (including phenoxy) is 1. The van der Waals surface area contributed by atoms with Gasteiger partial charge in [0.2, 0.25) is 5.90 Å². The summed E-state index contributed by atoms with van der Waals surface area (Å²) in [7, 11) is 5.72. The van der Waals surface area contributed by atoms with E-state index < -0.39 is 0 Å². The quantitative estimate of drug-likeness (QED) is 0.809. The van der Waals surface area contributed by atoms with Gasteiger partial charge in [0, 0.05) is 18.3 Å². The summed E-state index contributed by atoms with van der Waals surface area (Å²) < 4.78 is 5.45. The van der Waals surface area contributed by atoms with Crippen molar-refractivity contribution in [2.24, 2.45) is 9.98 Å². The Bertz CT molecular complexity index is 976. The van der Waals surface area contributed by atoms with Crippen LogP contribution in [0.2, 0.25) is 0 Å². The van der Waals surface area contributed by atoms with Crippen LogP contribution < -0.4 is 5.32 Å². The molecule has 0 saturated carbocycles. The summed E-state index contributed by atoms with van der Waals surface area (Å²) in [5.74, 6) is 0.491. The lowest BCUT2D eigenvalue weighted by Crippen LogP contribution is -2.31. The third-order valence-corrected chi connectivity index (χ3v) is 6.45. The van der Waals surface area contributed by atoms with Crippen molar-refractivity contribution in [1.29, 1.82) is 0 Å². The molecule has 156 valence electrons. The normalized spacial score (nSPS) is 23.0. The van der Waals surface area contributed by atoms with Crippen molar-refractivity contribution in [1.82, 2.24) is 10.2 Å². The highest BCUT2D eigenvalue weighted by Gasteiger charge is 2.40. The zero-order valence-electron chi connectivity index (χ0n) is 17.5. The summed E-state index contributed by atoms with van der Waals surface area (Å²) in [4.78, 5) is 24.1. The van der Waals surface area contributed by atoms with Gasteiger partial charge in [-0.3, -0.25) is 4.79 Å². The molecule has 2 heterocycles. The molecule has 0 radical (unpaired) electrons. The first-order chi connectivity index (χ1) is 14.5. The van der Waals surface area contributed by atoms with E-state index in [9.17, 15) is 4.79 Å². The van der Waals surface area contributed by atoms with E-state index in [-0.39, 0.29) is 17.2 Å². The van der Waals surface area contributed by atoms with Gasteiger partial charge < -0.3 is 15.0 Å². The van der Waals surface area contributed by atoms with Crippen LogP contribution in [0.1, 0.15) is 18.4 Å². The molecule has 2 unspecified atom stereocenters. The van der Waals surface area contributed by atoms with Gasteiger partial charge in [0.15, 0.2) is 5.17 Å². The zero-order chi connectivity index (χ0) is 21.1. The minimum Gasteiger partial charge on any atom is -0.482 e. The molecule has 1 aromatic rings. The number of allylic oxidation sites excluding steroid dienone is 2. The molecule has 1 amide bonds. The van der Waals surface area contributed by atoms with Crippen molar-refractivity contribution in [2.45, 2.75) is 24.1 Å². The Morgan fingerprint density at radius 1 is 1.23 bits per heavy atom. The monoisotopic (exact) mass is 422 g/mol. The number of carbonyl (C=O) groups is 1. The SMILES string of the molecule is COC1=NC=C(c2ccccc2)C2SC(NC(=O)C3=CC=C(CN(C)C)CC3)=NC12. The van der Waals surface area contributed by atoms with Crippen molar-refractivity contribution >= 4 is 34.3 Å². The molecule has 2 atom stereocenters. The zero-order valence-corrected chi connectivity index (χ0v) is 18.3. The molecule has 1 aromatic carbocycles. The van der Waals surface area contributed by atoms with E-state index in [2.05, 4.69) is 47.5 Å². The Morgan fingerprint density at radius 2 is 2.03 bits per heavy atom. The molecular formula is C23H26N4O2S. The van der Waals surface area contributed by atoms with Crippen LogP contribution in [0.4, 0.5) is 0 Å². The van der Waals surface area contributed by atoms with E-state index in [4.69, 9.17) is 9.73 Å². The van der Waals surface area contributed by atoms with Gasteiger partial charge in [0.05, 0.1) is 12.4 Å². The number of fused-ring (bicyclic) bond motifs is 1. The van der Waals surface area contributed by atoms with E-state index in [0.29, 0.717) is 11.1 Å². The molecule has 1 aliphatic carbocycles. The van der Waals surface area contributed by atoms with Crippen LogP contribution in [0.3, 0.4) is 0 Å². The Balaban J connectivity index is 1.48. The number of nitrogens with zero attached hydrogens (tertiary/aromatic N) is 3. The Labute approximate surface area is 181 Å².